The number of aromatic nitrogens is 1. The third kappa shape index (κ3) is 4.88. The summed E-state index contributed by atoms with van der Waals surface area (Å²) in [6.07, 6.45) is 4.28. The van der Waals surface area contributed by atoms with Gasteiger partial charge in [-0.25, -0.2) is 8.42 Å². The van der Waals surface area contributed by atoms with Crippen LogP contribution in [0, 0.1) is 0 Å². The average Bonchev–Trinajstić information content (AvgIpc) is 3.26. The number of fused-ring (bicyclic) bond motifs is 1. The van der Waals surface area contributed by atoms with Gasteiger partial charge in [0.1, 0.15) is 0 Å². The van der Waals surface area contributed by atoms with E-state index in [2.05, 4.69) is 15.0 Å². The van der Waals surface area contributed by atoms with Gasteiger partial charge in [0.2, 0.25) is 5.91 Å². The van der Waals surface area contributed by atoms with E-state index in [-0.39, 0.29) is 28.6 Å². The molecule has 3 aromatic rings. The van der Waals surface area contributed by atoms with Crippen LogP contribution in [-0.2, 0) is 27.8 Å². The molecule has 2 aromatic carbocycles. The maximum atomic E-state index is 13.1. The molecular weight excluding hydrogens is 440 g/mol. The molecule has 0 radical (unpaired) electrons. The Balaban J connectivity index is 1.53. The molecule has 1 aliphatic rings. The Morgan fingerprint density at radius 1 is 1.09 bits per heavy atom. The lowest BCUT2D eigenvalue weighted by Gasteiger charge is -2.17. The maximum Gasteiger partial charge on any atom is 0.261 e. The summed E-state index contributed by atoms with van der Waals surface area (Å²) in [4.78, 5) is 30.6. The molecular formula is C24H24N4O4S. The third-order valence-electron chi connectivity index (χ3n) is 5.45. The van der Waals surface area contributed by atoms with Gasteiger partial charge >= 0.3 is 0 Å². The van der Waals surface area contributed by atoms with E-state index < -0.39 is 15.9 Å². The minimum Gasteiger partial charge on any atom is -0.348 e. The van der Waals surface area contributed by atoms with Gasteiger partial charge in [0.05, 0.1) is 16.1 Å². The van der Waals surface area contributed by atoms with Crippen LogP contribution in [0.15, 0.2) is 71.9 Å². The Kier molecular flexibility index (Phi) is 6.41. The van der Waals surface area contributed by atoms with Crippen LogP contribution in [0.5, 0.6) is 0 Å². The molecule has 4 rings (SSSR count). The third-order valence-corrected chi connectivity index (χ3v) is 6.82. The molecule has 0 saturated carbocycles. The van der Waals surface area contributed by atoms with E-state index in [1.807, 2.05) is 6.07 Å². The zero-order valence-corrected chi connectivity index (χ0v) is 18.9. The van der Waals surface area contributed by atoms with Gasteiger partial charge in [-0.05, 0) is 53.9 Å². The van der Waals surface area contributed by atoms with Crippen molar-refractivity contribution in [2.45, 2.75) is 31.2 Å². The summed E-state index contributed by atoms with van der Waals surface area (Å²) in [6, 6.07) is 14.8. The zero-order chi connectivity index (χ0) is 23.4. The molecule has 0 unspecified atom stereocenters. The maximum absolute atomic E-state index is 13.1. The van der Waals surface area contributed by atoms with Crippen LogP contribution in [0.3, 0.4) is 0 Å². The number of sulfonamides is 1. The molecule has 0 aliphatic carbocycles. The van der Waals surface area contributed by atoms with Gasteiger partial charge in [-0.1, -0.05) is 25.1 Å². The van der Waals surface area contributed by atoms with Gasteiger partial charge < -0.3 is 10.2 Å². The molecule has 9 heteroatoms. The minimum absolute atomic E-state index is 0.00806. The van der Waals surface area contributed by atoms with Crippen molar-refractivity contribution in [2.24, 2.45) is 0 Å². The first-order valence-electron chi connectivity index (χ1n) is 10.6. The lowest BCUT2D eigenvalue weighted by molar-refractivity contribution is -0.118. The van der Waals surface area contributed by atoms with Crippen molar-refractivity contribution in [2.75, 3.05) is 16.2 Å². The Morgan fingerprint density at radius 2 is 1.91 bits per heavy atom. The summed E-state index contributed by atoms with van der Waals surface area (Å²) in [5.41, 5.74) is 2.78. The summed E-state index contributed by atoms with van der Waals surface area (Å²) < 4.78 is 28.7. The van der Waals surface area contributed by atoms with Gasteiger partial charge in [0, 0.05) is 37.6 Å². The molecule has 0 fully saturated rings. The number of anilines is 2. The molecule has 1 aromatic heterocycles. The molecule has 0 saturated heterocycles. The number of carbonyl (C=O) groups excluding carboxylic acids is 2. The Bertz CT molecular complexity index is 1290. The van der Waals surface area contributed by atoms with Crippen molar-refractivity contribution in [3.8, 4) is 0 Å². The highest BCUT2D eigenvalue weighted by Gasteiger charge is 2.26. The number of nitrogens with zero attached hydrogens (tertiary/aromatic N) is 2. The molecule has 1 aliphatic heterocycles. The zero-order valence-electron chi connectivity index (χ0n) is 18.1. The van der Waals surface area contributed by atoms with Crippen LogP contribution in [0.25, 0.3) is 0 Å². The topological polar surface area (TPSA) is 108 Å². The van der Waals surface area contributed by atoms with Gasteiger partial charge in [-0.3, -0.25) is 19.3 Å². The number of carbonyl (C=O) groups is 2. The first-order valence-corrected chi connectivity index (χ1v) is 12.1. The number of rotatable bonds is 7. The molecule has 8 nitrogen and oxygen atoms in total. The van der Waals surface area contributed by atoms with Crippen LogP contribution >= 0.6 is 0 Å². The monoisotopic (exact) mass is 464 g/mol. The SMILES string of the molecule is CCC(=O)N1CCc2cc(S(=O)(=O)Nc3ccccc3C(=O)NCc3cccnc3)ccc21. The number of amides is 2. The number of benzene rings is 2. The van der Waals surface area contributed by atoms with E-state index in [1.165, 1.54) is 6.07 Å². The van der Waals surface area contributed by atoms with Crippen molar-refractivity contribution >= 4 is 33.2 Å². The summed E-state index contributed by atoms with van der Waals surface area (Å²) in [5, 5.41) is 2.78. The summed E-state index contributed by atoms with van der Waals surface area (Å²) in [6.45, 7) is 2.61. The van der Waals surface area contributed by atoms with E-state index in [9.17, 15) is 18.0 Å². The molecule has 0 atom stereocenters. The van der Waals surface area contributed by atoms with Gasteiger partial charge in [-0.2, -0.15) is 0 Å². The highest BCUT2D eigenvalue weighted by molar-refractivity contribution is 7.92. The van der Waals surface area contributed by atoms with Crippen molar-refractivity contribution in [3.63, 3.8) is 0 Å². The first kappa shape index (κ1) is 22.5. The molecule has 33 heavy (non-hydrogen) atoms. The van der Waals surface area contributed by atoms with E-state index in [4.69, 9.17) is 0 Å². The van der Waals surface area contributed by atoms with Crippen LogP contribution in [0.1, 0.15) is 34.8 Å². The van der Waals surface area contributed by atoms with Crippen molar-refractivity contribution in [1.82, 2.24) is 10.3 Å². The number of hydrogen-bond donors (Lipinski definition) is 2. The van der Waals surface area contributed by atoms with Crippen LogP contribution in [0.4, 0.5) is 11.4 Å². The van der Waals surface area contributed by atoms with Gasteiger partial charge in [0.15, 0.2) is 0 Å². The van der Waals surface area contributed by atoms with E-state index in [0.717, 1.165) is 16.8 Å². The highest BCUT2D eigenvalue weighted by Crippen LogP contribution is 2.31. The molecule has 170 valence electrons. The van der Waals surface area contributed by atoms with Crippen LogP contribution in [-0.4, -0.2) is 31.8 Å². The van der Waals surface area contributed by atoms with Crippen LogP contribution < -0.4 is 14.9 Å². The lowest BCUT2D eigenvalue weighted by atomic mass is 10.1. The predicted octanol–water partition coefficient (Wildman–Crippen LogP) is 3.11. The van der Waals surface area contributed by atoms with Gasteiger partial charge in [0.25, 0.3) is 15.9 Å². The second kappa shape index (κ2) is 9.41. The van der Waals surface area contributed by atoms with Crippen molar-refractivity contribution in [1.29, 1.82) is 0 Å². The standard InChI is InChI=1S/C24H24N4O4S/c1-2-23(29)28-13-11-18-14-19(9-10-22(18)28)33(31,32)27-21-8-4-3-7-20(21)24(30)26-16-17-6-5-12-25-15-17/h3-10,12,14-15,27H,2,11,13,16H2,1H3,(H,26,30). The van der Waals surface area contributed by atoms with Crippen molar-refractivity contribution in [3.05, 3.63) is 83.7 Å². The van der Waals surface area contributed by atoms with E-state index in [1.54, 1.807) is 66.7 Å². The fraction of sp³-hybridized carbons (Fsp3) is 0.208. The van der Waals surface area contributed by atoms with E-state index >= 15 is 0 Å². The molecule has 2 heterocycles. The fourth-order valence-corrected chi connectivity index (χ4v) is 4.88. The summed E-state index contributed by atoms with van der Waals surface area (Å²) >= 11 is 0. The Hall–Kier alpha value is -3.72. The summed E-state index contributed by atoms with van der Waals surface area (Å²) in [7, 11) is -3.94. The van der Waals surface area contributed by atoms with Crippen molar-refractivity contribution < 1.29 is 18.0 Å². The second-order valence-electron chi connectivity index (χ2n) is 7.63. The lowest BCUT2D eigenvalue weighted by Crippen LogP contribution is -2.27. The highest BCUT2D eigenvalue weighted by atomic mass is 32.2. The second-order valence-corrected chi connectivity index (χ2v) is 9.32. The molecule has 0 spiro atoms. The molecule has 2 amide bonds. The van der Waals surface area contributed by atoms with Crippen LogP contribution in [0.2, 0.25) is 0 Å². The quantitative estimate of drug-likeness (QED) is 0.559. The fourth-order valence-electron chi connectivity index (χ4n) is 3.75. The Labute approximate surface area is 192 Å². The number of nitrogens with one attached hydrogen (secondary N) is 2. The Morgan fingerprint density at radius 3 is 2.67 bits per heavy atom. The predicted molar refractivity (Wildman–Crippen MR) is 125 cm³/mol. The smallest absolute Gasteiger partial charge is 0.261 e. The van der Waals surface area contributed by atoms with Gasteiger partial charge in [-0.15, -0.1) is 0 Å². The normalized spacial score (nSPS) is 12.8. The molecule has 0 bridgehead atoms. The largest absolute Gasteiger partial charge is 0.348 e. The number of hydrogen-bond acceptors (Lipinski definition) is 5. The average molecular weight is 465 g/mol. The summed E-state index contributed by atoms with van der Waals surface area (Å²) in [5.74, 6) is -0.395. The van der Waals surface area contributed by atoms with E-state index in [0.29, 0.717) is 19.4 Å². The molecule has 2 N–H and O–H groups in total. The first-order chi connectivity index (χ1) is 15.9. The number of para-hydroxylation sites is 1. The minimum atomic E-state index is -3.94. The number of pyridine rings is 1.